The van der Waals surface area contributed by atoms with E-state index in [2.05, 4.69) is 9.97 Å². The van der Waals surface area contributed by atoms with Crippen LogP contribution in [0.4, 0.5) is 0 Å². The maximum absolute atomic E-state index is 12.6. The van der Waals surface area contributed by atoms with Crippen LogP contribution in [0.1, 0.15) is 40.7 Å². The van der Waals surface area contributed by atoms with Crippen molar-refractivity contribution in [1.29, 1.82) is 0 Å². The molecule has 0 radical (unpaired) electrons. The Labute approximate surface area is 127 Å². The predicted molar refractivity (Wildman–Crippen MR) is 75.8 cm³/mol. The molecule has 2 atom stereocenters. The van der Waals surface area contributed by atoms with Crippen molar-refractivity contribution in [3.05, 3.63) is 23.8 Å². The number of hydrogen-bond donors (Lipinski definition) is 1. The smallest absolute Gasteiger partial charge is 0.274 e. The van der Waals surface area contributed by atoms with E-state index in [1.807, 2.05) is 4.90 Å². The number of piperazine rings is 1. The first kappa shape index (κ1) is 14.4. The van der Waals surface area contributed by atoms with Crippen LogP contribution in [0.3, 0.4) is 0 Å². The van der Waals surface area contributed by atoms with Crippen LogP contribution in [0, 0.1) is 0 Å². The van der Waals surface area contributed by atoms with Crippen LogP contribution in [-0.4, -0.2) is 62.7 Å². The number of nitrogens with zero attached hydrogens (tertiary/aromatic N) is 4. The van der Waals surface area contributed by atoms with Gasteiger partial charge in [0.25, 0.3) is 11.8 Å². The highest BCUT2D eigenvalue weighted by Crippen LogP contribution is 2.26. The molecular weight excluding hydrogens is 286 g/mol. The van der Waals surface area contributed by atoms with Crippen LogP contribution in [0.5, 0.6) is 0 Å². The van der Waals surface area contributed by atoms with Crippen molar-refractivity contribution >= 4 is 17.7 Å². The Bertz CT molecular complexity index is 630. The van der Waals surface area contributed by atoms with Crippen molar-refractivity contribution < 1.29 is 14.4 Å². The Morgan fingerprint density at radius 3 is 2.59 bits per heavy atom. The molecule has 2 aliphatic rings. The number of primary amides is 1. The second-order valence-corrected chi connectivity index (χ2v) is 5.61. The topological polar surface area (TPSA) is 109 Å². The predicted octanol–water partition coefficient (Wildman–Crippen LogP) is -0.589. The Hall–Kier alpha value is -2.51. The second kappa shape index (κ2) is 5.36. The molecule has 1 aromatic heterocycles. The number of carbonyl (C=O) groups is 3. The Morgan fingerprint density at radius 2 is 1.95 bits per heavy atom. The van der Waals surface area contributed by atoms with Gasteiger partial charge in [-0.25, -0.2) is 9.97 Å². The number of fused-ring (bicyclic) bond motifs is 1. The lowest BCUT2D eigenvalue weighted by molar-refractivity contribution is -0.141. The van der Waals surface area contributed by atoms with Gasteiger partial charge in [-0.2, -0.15) is 0 Å². The van der Waals surface area contributed by atoms with Crippen molar-refractivity contribution in [2.45, 2.75) is 31.8 Å². The standard InChI is InChI=1S/C14H17N5O3/c1-8-13(21)18-4-2-3-9(18)7-19(8)14(22)11-6-16-10(5-17-11)12(15)20/h5-6,8-9H,2-4,7H2,1H3,(H2,15,20)/t8-,9+/m0/s1. The van der Waals surface area contributed by atoms with Crippen LogP contribution in [0.15, 0.2) is 12.4 Å². The zero-order chi connectivity index (χ0) is 15.9. The summed E-state index contributed by atoms with van der Waals surface area (Å²) in [5.74, 6) is -1.07. The molecule has 2 N–H and O–H groups in total. The maximum Gasteiger partial charge on any atom is 0.274 e. The van der Waals surface area contributed by atoms with E-state index < -0.39 is 11.9 Å². The molecule has 3 rings (SSSR count). The highest BCUT2D eigenvalue weighted by molar-refractivity contribution is 5.97. The van der Waals surface area contributed by atoms with E-state index in [0.717, 1.165) is 19.4 Å². The zero-order valence-corrected chi connectivity index (χ0v) is 12.2. The molecule has 116 valence electrons. The van der Waals surface area contributed by atoms with Gasteiger partial charge in [0.1, 0.15) is 17.4 Å². The fourth-order valence-corrected chi connectivity index (χ4v) is 3.05. The number of nitrogens with two attached hydrogens (primary N) is 1. The molecule has 3 amide bonds. The molecule has 22 heavy (non-hydrogen) atoms. The van der Waals surface area contributed by atoms with Crippen molar-refractivity contribution in [1.82, 2.24) is 19.8 Å². The largest absolute Gasteiger partial charge is 0.364 e. The van der Waals surface area contributed by atoms with Gasteiger partial charge in [-0.1, -0.05) is 0 Å². The van der Waals surface area contributed by atoms with Crippen LogP contribution in [-0.2, 0) is 4.79 Å². The van der Waals surface area contributed by atoms with Gasteiger partial charge in [0, 0.05) is 19.1 Å². The Balaban J connectivity index is 1.81. The fraction of sp³-hybridized carbons (Fsp3) is 0.500. The monoisotopic (exact) mass is 303 g/mol. The summed E-state index contributed by atoms with van der Waals surface area (Å²) in [5, 5.41) is 0. The van der Waals surface area contributed by atoms with Crippen LogP contribution in [0.2, 0.25) is 0 Å². The first-order valence-electron chi connectivity index (χ1n) is 7.22. The van der Waals surface area contributed by atoms with Crippen LogP contribution >= 0.6 is 0 Å². The lowest BCUT2D eigenvalue weighted by atomic mass is 10.1. The van der Waals surface area contributed by atoms with Gasteiger partial charge in [-0.3, -0.25) is 14.4 Å². The second-order valence-electron chi connectivity index (χ2n) is 5.61. The van der Waals surface area contributed by atoms with E-state index in [1.165, 1.54) is 17.3 Å². The fourth-order valence-electron chi connectivity index (χ4n) is 3.05. The SMILES string of the molecule is C[C@H]1C(=O)N2CCC[C@@H]2CN1C(=O)c1cnc(C(N)=O)cn1. The van der Waals surface area contributed by atoms with Gasteiger partial charge in [0.15, 0.2) is 0 Å². The van der Waals surface area contributed by atoms with Crippen LogP contribution in [0.25, 0.3) is 0 Å². The molecule has 0 saturated carbocycles. The Morgan fingerprint density at radius 1 is 1.27 bits per heavy atom. The average molecular weight is 303 g/mol. The molecule has 0 bridgehead atoms. The zero-order valence-electron chi connectivity index (χ0n) is 12.2. The van der Waals surface area contributed by atoms with Gasteiger partial charge < -0.3 is 15.5 Å². The normalized spacial score (nSPS) is 24.3. The summed E-state index contributed by atoms with van der Waals surface area (Å²) in [4.78, 5) is 47.0. The molecular formula is C14H17N5O3. The van der Waals surface area contributed by atoms with Crippen molar-refractivity contribution in [3.8, 4) is 0 Å². The summed E-state index contributed by atoms with van der Waals surface area (Å²) in [6.45, 7) is 2.99. The Kier molecular flexibility index (Phi) is 3.51. The molecule has 2 aliphatic heterocycles. The first-order chi connectivity index (χ1) is 10.5. The van der Waals surface area contributed by atoms with E-state index in [-0.39, 0.29) is 29.2 Å². The summed E-state index contributed by atoms with van der Waals surface area (Å²) in [5.41, 5.74) is 5.20. The molecule has 2 fully saturated rings. The third kappa shape index (κ3) is 2.30. The number of rotatable bonds is 2. The van der Waals surface area contributed by atoms with Gasteiger partial charge in [-0.05, 0) is 19.8 Å². The minimum absolute atomic E-state index is 0.00119. The minimum Gasteiger partial charge on any atom is -0.364 e. The highest BCUT2D eigenvalue weighted by Gasteiger charge is 2.42. The molecule has 0 spiro atoms. The number of carbonyl (C=O) groups excluding carboxylic acids is 3. The first-order valence-corrected chi connectivity index (χ1v) is 7.22. The van der Waals surface area contributed by atoms with Gasteiger partial charge >= 0.3 is 0 Å². The molecule has 2 saturated heterocycles. The van der Waals surface area contributed by atoms with E-state index in [1.54, 1.807) is 6.92 Å². The third-order valence-corrected chi connectivity index (χ3v) is 4.28. The molecule has 8 heteroatoms. The maximum atomic E-state index is 12.6. The lowest BCUT2D eigenvalue weighted by Gasteiger charge is -2.41. The summed E-state index contributed by atoms with van der Waals surface area (Å²) < 4.78 is 0. The summed E-state index contributed by atoms with van der Waals surface area (Å²) in [6.07, 6.45) is 4.28. The molecule has 1 aromatic rings. The van der Waals surface area contributed by atoms with Crippen molar-refractivity contribution in [2.24, 2.45) is 5.73 Å². The van der Waals surface area contributed by atoms with Crippen molar-refractivity contribution in [2.75, 3.05) is 13.1 Å². The molecule has 3 heterocycles. The number of aromatic nitrogens is 2. The molecule has 8 nitrogen and oxygen atoms in total. The number of hydrogen-bond acceptors (Lipinski definition) is 5. The van der Waals surface area contributed by atoms with E-state index in [9.17, 15) is 14.4 Å². The van der Waals surface area contributed by atoms with E-state index >= 15 is 0 Å². The number of amides is 3. The molecule has 0 unspecified atom stereocenters. The average Bonchev–Trinajstić information content (AvgIpc) is 2.99. The quantitative estimate of drug-likeness (QED) is 0.785. The summed E-state index contributed by atoms with van der Waals surface area (Å²) in [7, 11) is 0. The lowest BCUT2D eigenvalue weighted by Crippen LogP contribution is -2.60. The van der Waals surface area contributed by atoms with Gasteiger partial charge in [-0.15, -0.1) is 0 Å². The minimum atomic E-state index is -0.699. The van der Waals surface area contributed by atoms with E-state index in [4.69, 9.17) is 5.73 Å². The molecule has 0 aromatic carbocycles. The van der Waals surface area contributed by atoms with Gasteiger partial charge in [0.2, 0.25) is 5.91 Å². The van der Waals surface area contributed by atoms with Crippen LogP contribution < -0.4 is 5.73 Å². The molecule has 0 aliphatic carbocycles. The van der Waals surface area contributed by atoms with Gasteiger partial charge in [0.05, 0.1) is 12.4 Å². The van der Waals surface area contributed by atoms with Crippen molar-refractivity contribution in [3.63, 3.8) is 0 Å². The van der Waals surface area contributed by atoms with E-state index in [0.29, 0.717) is 6.54 Å². The highest BCUT2D eigenvalue weighted by atomic mass is 16.2. The third-order valence-electron chi connectivity index (χ3n) is 4.28. The summed E-state index contributed by atoms with van der Waals surface area (Å²) >= 11 is 0. The summed E-state index contributed by atoms with van der Waals surface area (Å²) in [6, 6.07) is -0.426.